The zero-order valence-corrected chi connectivity index (χ0v) is 20.1. The van der Waals surface area contributed by atoms with E-state index in [1.54, 1.807) is 10.9 Å². The molecule has 0 saturated carbocycles. The van der Waals surface area contributed by atoms with E-state index in [1.165, 1.54) is 11.8 Å². The summed E-state index contributed by atoms with van der Waals surface area (Å²) in [5, 5.41) is 19.3. The Balaban J connectivity index is 1.50. The number of hydrogen-bond donors (Lipinski definition) is 4. The van der Waals surface area contributed by atoms with Gasteiger partial charge in [-0.05, 0) is 30.9 Å². The van der Waals surface area contributed by atoms with Crippen LogP contribution in [0.2, 0.25) is 0 Å². The maximum Gasteiger partial charge on any atom is 0.323 e. The van der Waals surface area contributed by atoms with Gasteiger partial charge >= 0.3 is 5.97 Å². The molecular weight excluding hydrogens is 460 g/mol. The number of sulfonamides is 1. The van der Waals surface area contributed by atoms with E-state index in [4.69, 9.17) is 0 Å². The number of nitrogens with one attached hydrogen (secondary N) is 3. The number of carbonyl (C=O) groups is 2. The van der Waals surface area contributed by atoms with E-state index in [-0.39, 0.29) is 17.9 Å². The summed E-state index contributed by atoms with van der Waals surface area (Å²) in [6.07, 6.45) is 7.75. The van der Waals surface area contributed by atoms with Crippen molar-refractivity contribution < 1.29 is 23.1 Å². The predicted molar refractivity (Wildman–Crippen MR) is 127 cm³/mol. The van der Waals surface area contributed by atoms with E-state index in [2.05, 4.69) is 31.5 Å². The summed E-state index contributed by atoms with van der Waals surface area (Å²) in [5.41, 5.74) is 2.40. The summed E-state index contributed by atoms with van der Waals surface area (Å²) in [7, 11) is -3.76. The van der Waals surface area contributed by atoms with Gasteiger partial charge in [0.2, 0.25) is 10.0 Å². The lowest BCUT2D eigenvalue weighted by molar-refractivity contribution is -0.138. The zero-order chi connectivity index (χ0) is 24.6. The summed E-state index contributed by atoms with van der Waals surface area (Å²) < 4.78 is 28.0. The highest BCUT2D eigenvalue weighted by Gasteiger charge is 2.24. The Morgan fingerprint density at radius 3 is 2.88 bits per heavy atom. The molecule has 34 heavy (non-hydrogen) atoms. The number of carboxylic acid groups (broad SMARTS) is 1. The third kappa shape index (κ3) is 7.52. The van der Waals surface area contributed by atoms with Gasteiger partial charge in [-0.15, -0.1) is 0 Å². The Labute approximate surface area is 199 Å². The Morgan fingerprint density at radius 1 is 1.29 bits per heavy atom. The first kappa shape index (κ1) is 25.6. The molecule has 1 aliphatic heterocycles. The van der Waals surface area contributed by atoms with Crippen LogP contribution >= 0.6 is 0 Å². The molecule has 11 nitrogen and oxygen atoms in total. The first-order chi connectivity index (χ1) is 16.3. The van der Waals surface area contributed by atoms with Crippen molar-refractivity contribution in [2.45, 2.75) is 58.0 Å². The third-order valence-corrected chi connectivity index (χ3v) is 7.02. The number of unbranched alkanes of at least 4 members (excludes halogenated alkanes) is 2. The second kappa shape index (κ2) is 11.9. The second-order valence-electron chi connectivity index (χ2n) is 8.33. The number of aryl methyl sites for hydroxylation is 3. The average Bonchev–Trinajstić information content (AvgIpc) is 3.29. The Kier molecular flexibility index (Phi) is 8.99. The van der Waals surface area contributed by atoms with Crippen molar-refractivity contribution in [1.29, 1.82) is 0 Å². The van der Waals surface area contributed by atoms with Crippen LogP contribution in [0, 0.1) is 0 Å². The normalized spacial score (nSPS) is 14.1. The minimum absolute atomic E-state index is 0.152. The molecular formula is C22H32N6O5S. The molecule has 2 aromatic heterocycles. The van der Waals surface area contributed by atoms with Crippen molar-refractivity contribution in [3.8, 4) is 0 Å². The van der Waals surface area contributed by atoms with Crippen LogP contribution in [0.25, 0.3) is 0 Å². The molecule has 186 valence electrons. The Bertz CT molecular complexity index is 1100. The average molecular weight is 493 g/mol. The number of aromatic nitrogens is 3. The van der Waals surface area contributed by atoms with E-state index >= 15 is 0 Å². The fourth-order valence-electron chi connectivity index (χ4n) is 3.63. The zero-order valence-electron chi connectivity index (χ0n) is 19.3. The number of carbonyl (C=O) groups excluding carboxylic acids is 1. The Morgan fingerprint density at radius 2 is 2.12 bits per heavy atom. The number of fused-ring (bicyclic) bond motifs is 1. The summed E-state index contributed by atoms with van der Waals surface area (Å²) in [5.74, 6) is -1.11. The third-order valence-electron chi connectivity index (χ3n) is 5.55. The summed E-state index contributed by atoms with van der Waals surface area (Å²) in [4.78, 5) is 28.6. The van der Waals surface area contributed by atoms with Gasteiger partial charge in [0.15, 0.2) is 0 Å². The SMILES string of the molecule is CCCCCS(=O)(=O)N[C@@H](CNC(=O)c1cnn(CCc2ccc3c(n2)NCCC3)c1)C(=O)O. The van der Waals surface area contributed by atoms with Crippen LogP contribution in [0.1, 0.15) is 54.2 Å². The van der Waals surface area contributed by atoms with E-state index < -0.39 is 27.9 Å². The molecule has 0 aliphatic carbocycles. The number of rotatable bonds is 13. The highest BCUT2D eigenvalue weighted by Crippen LogP contribution is 2.19. The number of anilines is 1. The van der Waals surface area contributed by atoms with Gasteiger partial charge in [-0.25, -0.2) is 13.4 Å². The molecule has 3 heterocycles. The summed E-state index contributed by atoms with van der Waals surface area (Å²) in [6.45, 7) is 3.01. The van der Waals surface area contributed by atoms with Gasteiger partial charge in [0.05, 0.1) is 17.5 Å². The maximum absolute atomic E-state index is 12.4. The monoisotopic (exact) mass is 492 g/mol. The number of nitrogens with zero attached hydrogens (tertiary/aromatic N) is 3. The topological polar surface area (TPSA) is 155 Å². The molecule has 4 N–H and O–H groups in total. The smallest absolute Gasteiger partial charge is 0.323 e. The van der Waals surface area contributed by atoms with Crippen molar-refractivity contribution in [3.05, 3.63) is 41.3 Å². The van der Waals surface area contributed by atoms with Gasteiger partial charge in [-0.2, -0.15) is 9.82 Å². The molecule has 0 aromatic carbocycles. The van der Waals surface area contributed by atoms with Gasteiger partial charge in [-0.1, -0.05) is 25.8 Å². The quantitative estimate of drug-likeness (QED) is 0.304. The molecule has 0 fully saturated rings. The second-order valence-corrected chi connectivity index (χ2v) is 10.2. The lowest BCUT2D eigenvalue weighted by Gasteiger charge is -2.17. The molecule has 0 saturated heterocycles. The number of amides is 1. The van der Waals surface area contributed by atoms with Crippen LogP contribution in [0.5, 0.6) is 0 Å². The molecule has 1 aliphatic rings. The number of hydrogen-bond acceptors (Lipinski definition) is 7. The van der Waals surface area contributed by atoms with E-state index in [0.717, 1.165) is 43.7 Å². The number of aliphatic carboxylic acids is 1. The van der Waals surface area contributed by atoms with Crippen LogP contribution in [-0.2, 0) is 34.2 Å². The van der Waals surface area contributed by atoms with Crippen molar-refractivity contribution in [2.24, 2.45) is 0 Å². The van der Waals surface area contributed by atoms with Crippen molar-refractivity contribution in [3.63, 3.8) is 0 Å². The Hall–Kier alpha value is -2.99. The minimum Gasteiger partial charge on any atom is -0.480 e. The predicted octanol–water partition coefficient (Wildman–Crippen LogP) is 1.17. The van der Waals surface area contributed by atoms with E-state index in [0.29, 0.717) is 19.4 Å². The lowest BCUT2D eigenvalue weighted by atomic mass is 10.1. The standard InChI is InChI=1S/C22H32N6O5S/c1-2-3-4-12-34(32,33)27-19(22(30)31)14-24-21(29)17-13-25-28(15-17)11-9-18-8-7-16-6-5-10-23-20(16)26-18/h7-8,13,15,19,27H,2-6,9-12,14H2,1H3,(H,23,26)(H,24,29)(H,30,31)/t19-/m0/s1. The van der Waals surface area contributed by atoms with E-state index in [1.807, 2.05) is 13.0 Å². The van der Waals surface area contributed by atoms with Gasteiger partial charge in [0.1, 0.15) is 11.9 Å². The molecule has 0 bridgehead atoms. The lowest BCUT2D eigenvalue weighted by Crippen LogP contribution is -2.48. The highest BCUT2D eigenvalue weighted by molar-refractivity contribution is 7.89. The van der Waals surface area contributed by atoms with Crippen LogP contribution < -0.4 is 15.4 Å². The van der Waals surface area contributed by atoms with Gasteiger partial charge in [0, 0.05) is 37.9 Å². The van der Waals surface area contributed by atoms with Crippen molar-refractivity contribution >= 4 is 27.7 Å². The molecule has 3 rings (SSSR count). The largest absolute Gasteiger partial charge is 0.480 e. The first-order valence-electron chi connectivity index (χ1n) is 11.5. The minimum atomic E-state index is -3.76. The van der Waals surface area contributed by atoms with Crippen LogP contribution in [0.15, 0.2) is 24.5 Å². The highest BCUT2D eigenvalue weighted by atomic mass is 32.2. The van der Waals surface area contributed by atoms with Crippen LogP contribution in [-0.4, -0.2) is 65.0 Å². The molecule has 12 heteroatoms. The van der Waals surface area contributed by atoms with Gasteiger partial charge < -0.3 is 15.7 Å². The molecule has 0 radical (unpaired) electrons. The maximum atomic E-state index is 12.4. The van der Waals surface area contributed by atoms with Gasteiger partial charge in [0.25, 0.3) is 5.91 Å². The fourth-order valence-corrected chi connectivity index (χ4v) is 4.95. The molecule has 0 unspecified atom stereocenters. The van der Waals surface area contributed by atoms with Gasteiger partial charge in [-0.3, -0.25) is 14.3 Å². The van der Waals surface area contributed by atoms with E-state index in [9.17, 15) is 23.1 Å². The molecule has 1 amide bonds. The molecule has 2 aromatic rings. The fraction of sp³-hybridized carbons (Fsp3) is 0.545. The van der Waals surface area contributed by atoms with Crippen molar-refractivity contribution in [2.75, 3.05) is 24.2 Å². The molecule has 1 atom stereocenters. The first-order valence-corrected chi connectivity index (χ1v) is 13.2. The summed E-state index contributed by atoms with van der Waals surface area (Å²) >= 11 is 0. The van der Waals surface area contributed by atoms with Crippen LogP contribution in [0.3, 0.4) is 0 Å². The van der Waals surface area contributed by atoms with Crippen molar-refractivity contribution in [1.82, 2.24) is 24.8 Å². The number of pyridine rings is 1. The number of carboxylic acids is 1. The summed E-state index contributed by atoms with van der Waals surface area (Å²) in [6, 6.07) is 2.63. The molecule has 0 spiro atoms. The van der Waals surface area contributed by atoms with Crippen LogP contribution in [0.4, 0.5) is 5.82 Å².